The van der Waals surface area contributed by atoms with Crippen molar-refractivity contribution in [2.45, 2.75) is 19.4 Å². The molecule has 0 fully saturated rings. The van der Waals surface area contributed by atoms with E-state index in [1.165, 1.54) is 5.56 Å². The summed E-state index contributed by atoms with van der Waals surface area (Å²) in [6, 6.07) is 8.34. The van der Waals surface area contributed by atoms with Gasteiger partial charge in [-0.1, -0.05) is 46.6 Å². The van der Waals surface area contributed by atoms with Crippen molar-refractivity contribution in [3.63, 3.8) is 0 Å². The Morgan fingerprint density at radius 3 is 2.58 bits per heavy atom. The van der Waals surface area contributed by atoms with Crippen molar-refractivity contribution in [2.75, 3.05) is 6.54 Å². The molecule has 0 aliphatic heterocycles. The second-order valence-electron chi connectivity index (χ2n) is 4.44. The molecule has 0 aliphatic carbocycles. The molecule has 3 nitrogen and oxygen atoms in total. The van der Waals surface area contributed by atoms with E-state index in [0.29, 0.717) is 5.02 Å². The zero-order chi connectivity index (χ0) is 13.8. The van der Waals surface area contributed by atoms with Crippen LogP contribution >= 0.6 is 27.5 Å². The van der Waals surface area contributed by atoms with Crippen LogP contribution in [0.15, 0.2) is 34.9 Å². The van der Waals surface area contributed by atoms with Gasteiger partial charge in [0.2, 0.25) is 0 Å². The molecule has 1 heterocycles. The van der Waals surface area contributed by atoms with Crippen LogP contribution in [0.3, 0.4) is 0 Å². The van der Waals surface area contributed by atoms with Crippen LogP contribution < -0.4 is 5.32 Å². The predicted octanol–water partition coefficient (Wildman–Crippen LogP) is 3.93. The molecule has 0 radical (unpaired) electrons. The molecule has 1 aromatic carbocycles. The molecule has 0 bridgehead atoms. The topological polar surface area (TPSA) is 29.9 Å². The van der Waals surface area contributed by atoms with Gasteiger partial charge in [-0.05, 0) is 30.7 Å². The van der Waals surface area contributed by atoms with Crippen LogP contribution in [0, 0.1) is 0 Å². The first kappa shape index (κ1) is 14.6. The second kappa shape index (κ2) is 6.55. The quantitative estimate of drug-likeness (QED) is 0.892. The largest absolute Gasteiger partial charge is 0.305 e. The summed E-state index contributed by atoms with van der Waals surface area (Å²) in [6.45, 7) is 3.08. The molecule has 1 N–H and O–H groups in total. The molecule has 0 saturated heterocycles. The molecule has 0 amide bonds. The highest BCUT2D eigenvalue weighted by atomic mass is 79.9. The van der Waals surface area contributed by atoms with Gasteiger partial charge in [0.25, 0.3) is 0 Å². The highest BCUT2D eigenvalue weighted by molar-refractivity contribution is 9.10. The number of nitrogens with one attached hydrogen (secondary N) is 1. The minimum atomic E-state index is 0.0630. The first-order chi connectivity index (χ1) is 9.13. The van der Waals surface area contributed by atoms with Gasteiger partial charge in [0, 0.05) is 11.5 Å². The number of rotatable bonds is 5. The molecule has 1 atom stereocenters. The SMILES string of the molecule is CCCNC(c1ccc(Br)cc1)c1c(Cl)cnn1C. The fraction of sp³-hybridized carbons (Fsp3) is 0.357. The second-order valence-corrected chi connectivity index (χ2v) is 5.76. The Labute approximate surface area is 127 Å². The van der Waals surface area contributed by atoms with Crippen LogP contribution in [0.5, 0.6) is 0 Å². The number of hydrogen-bond acceptors (Lipinski definition) is 2. The van der Waals surface area contributed by atoms with Crippen molar-refractivity contribution in [1.82, 2.24) is 15.1 Å². The van der Waals surface area contributed by atoms with Crippen molar-refractivity contribution < 1.29 is 0 Å². The maximum atomic E-state index is 6.27. The lowest BCUT2D eigenvalue weighted by molar-refractivity contribution is 0.554. The van der Waals surface area contributed by atoms with Crippen molar-refractivity contribution in [3.05, 3.63) is 51.2 Å². The van der Waals surface area contributed by atoms with E-state index in [9.17, 15) is 0 Å². The maximum Gasteiger partial charge on any atom is 0.0837 e. The number of aromatic nitrogens is 2. The normalized spacial score (nSPS) is 12.6. The molecule has 2 aromatic rings. The smallest absolute Gasteiger partial charge is 0.0837 e. The van der Waals surface area contributed by atoms with E-state index in [1.54, 1.807) is 6.20 Å². The Kier molecular flexibility index (Phi) is 5.02. The summed E-state index contributed by atoms with van der Waals surface area (Å²) in [5.41, 5.74) is 2.18. The Bertz CT molecular complexity index is 517. The monoisotopic (exact) mass is 341 g/mol. The van der Waals surface area contributed by atoms with Crippen LogP contribution in [0.4, 0.5) is 0 Å². The van der Waals surface area contributed by atoms with E-state index in [4.69, 9.17) is 11.6 Å². The number of hydrogen-bond donors (Lipinski definition) is 1. The van der Waals surface area contributed by atoms with Crippen LogP contribution in [0.1, 0.15) is 30.6 Å². The van der Waals surface area contributed by atoms with Gasteiger partial charge in [-0.25, -0.2) is 0 Å². The number of halogens is 2. The minimum Gasteiger partial charge on any atom is -0.305 e. The first-order valence-electron chi connectivity index (χ1n) is 6.29. The van der Waals surface area contributed by atoms with Crippen molar-refractivity contribution in [2.24, 2.45) is 7.05 Å². The molecule has 5 heteroatoms. The Hall–Kier alpha value is -0.840. The van der Waals surface area contributed by atoms with E-state index < -0.39 is 0 Å². The Balaban J connectivity index is 2.38. The molecular weight excluding hydrogens is 326 g/mol. The molecule has 1 unspecified atom stereocenters. The number of aryl methyl sites for hydroxylation is 1. The summed E-state index contributed by atoms with van der Waals surface area (Å²) in [5, 5.41) is 8.45. The van der Waals surface area contributed by atoms with Gasteiger partial charge >= 0.3 is 0 Å². The van der Waals surface area contributed by atoms with Crippen molar-refractivity contribution in [1.29, 1.82) is 0 Å². The van der Waals surface area contributed by atoms with Gasteiger partial charge in [-0.15, -0.1) is 0 Å². The van der Waals surface area contributed by atoms with Gasteiger partial charge in [-0.2, -0.15) is 5.10 Å². The Morgan fingerprint density at radius 2 is 2.05 bits per heavy atom. The van der Waals surface area contributed by atoms with Gasteiger partial charge in [0.1, 0.15) is 0 Å². The van der Waals surface area contributed by atoms with E-state index >= 15 is 0 Å². The molecule has 0 spiro atoms. The summed E-state index contributed by atoms with van der Waals surface area (Å²) in [4.78, 5) is 0. The van der Waals surface area contributed by atoms with Gasteiger partial charge in [0.15, 0.2) is 0 Å². The maximum absolute atomic E-state index is 6.27. The average Bonchev–Trinajstić information content (AvgIpc) is 2.73. The third-order valence-corrected chi connectivity index (χ3v) is 3.83. The fourth-order valence-corrected chi connectivity index (χ4v) is 2.60. The molecular formula is C14H17BrClN3. The first-order valence-corrected chi connectivity index (χ1v) is 7.46. The number of nitrogens with zero attached hydrogens (tertiary/aromatic N) is 2. The standard InChI is InChI=1S/C14H17BrClN3/c1-3-8-17-13(10-4-6-11(15)7-5-10)14-12(16)9-18-19(14)2/h4-7,9,13,17H,3,8H2,1-2H3. The lowest BCUT2D eigenvalue weighted by atomic mass is 10.0. The zero-order valence-electron chi connectivity index (χ0n) is 11.0. The highest BCUT2D eigenvalue weighted by Crippen LogP contribution is 2.28. The third-order valence-electron chi connectivity index (χ3n) is 3.01. The molecule has 1 aromatic heterocycles. The van der Waals surface area contributed by atoms with Crippen LogP contribution in [0.2, 0.25) is 5.02 Å². The molecule has 102 valence electrons. The zero-order valence-corrected chi connectivity index (χ0v) is 13.4. The van der Waals surface area contributed by atoms with E-state index in [1.807, 2.05) is 23.9 Å². The van der Waals surface area contributed by atoms with Crippen LogP contribution in [0.25, 0.3) is 0 Å². The summed E-state index contributed by atoms with van der Waals surface area (Å²) in [6.07, 6.45) is 2.76. The number of benzene rings is 1. The predicted molar refractivity (Wildman–Crippen MR) is 82.5 cm³/mol. The summed E-state index contributed by atoms with van der Waals surface area (Å²) in [5.74, 6) is 0. The lowest BCUT2D eigenvalue weighted by Gasteiger charge is -2.20. The molecule has 2 rings (SSSR count). The molecule has 19 heavy (non-hydrogen) atoms. The van der Waals surface area contributed by atoms with E-state index in [2.05, 4.69) is 45.4 Å². The molecule has 0 aliphatic rings. The lowest BCUT2D eigenvalue weighted by Crippen LogP contribution is -2.25. The van der Waals surface area contributed by atoms with Gasteiger partial charge < -0.3 is 5.32 Å². The Morgan fingerprint density at radius 1 is 1.37 bits per heavy atom. The highest BCUT2D eigenvalue weighted by Gasteiger charge is 2.20. The van der Waals surface area contributed by atoms with Crippen molar-refractivity contribution in [3.8, 4) is 0 Å². The van der Waals surface area contributed by atoms with Crippen LogP contribution in [-0.2, 0) is 7.05 Å². The van der Waals surface area contributed by atoms with Gasteiger partial charge in [0.05, 0.1) is 23.0 Å². The molecule has 0 saturated carbocycles. The average molecular weight is 343 g/mol. The van der Waals surface area contributed by atoms with Gasteiger partial charge in [-0.3, -0.25) is 4.68 Å². The van der Waals surface area contributed by atoms with Crippen LogP contribution in [-0.4, -0.2) is 16.3 Å². The summed E-state index contributed by atoms with van der Waals surface area (Å²) >= 11 is 9.73. The van der Waals surface area contributed by atoms with Crippen molar-refractivity contribution >= 4 is 27.5 Å². The fourth-order valence-electron chi connectivity index (χ4n) is 2.06. The summed E-state index contributed by atoms with van der Waals surface area (Å²) < 4.78 is 2.90. The summed E-state index contributed by atoms with van der Waals surface area (Å²) in [7, 11) is 1.92. The third kappa shape index (κ3) is 3.38. The minimum absolute atomic E-state index is 0.0630. The van der Waals surface area contributed by atoms with E-state index in [0.717, 1.165) is 23.1 Å². The van der Waals surface area contributed by atoms with E-state index in [-0.39, 0.29) is 6.04 Å².